The molecule has 0 radical (unpaired) electrons. The highest BCUT2D eigenvalue weighted by atomic mass is 14.3. The highest BCUT2D eigenvalue weighted by Crippen LogP contribution is 2.48. The second kappa shape index (κ2) is 0.971. The molecule has 42 valence electrons. The number of rotatable bonds is 0. The van der Waals surface area contributed by atoms with Gasteiger partial charge in [0.05, 0.1) is 0 Å². The van der Waals surface area contributed by atoms with Gasteiger partial charge < -0.3 is 0 Å². The molecule has 2 bridgehead atoms. The van der Waals surface area contributed by atoms with Crippen LogP contribution in [-0.2, 0) is 0 Å². The predicted octanol–water partition coefficient (Wildman–Crippen LogP) is 2.12. The lowest BCUT2D eigenvalue weighted by Gasteiger charge is -2.05. The van der Waals surface area contributed by atoms with Crippen LogP contribution in [0.15, 0.2) is 46.6 Å². The Bertz CT molecular complexity index is 306. The van der Waals surface area contributed by atoms with Crippen molar-refractivity contribution in [3.8, 4) is 0 Å². The zero-order valence-corrected chi connectivity index (χ0v) is 5.02. The average molecular weight is 114 g/mol. The van der Waals surface area contributed by atoms with Crippen LogP contribution in [0.4, 0.5) is 0 Å². The standard InChI is InChI=1S/C9H6/c1-2-8-6-4-7(5-6)9(8)3-1/h1-4H,5H2. The third-order valence-corrected chi connectivity index (χ3v) is 2.24. The number of allylic oxidation sites excluding steroid dienone is 8. The van der Waals surface area contributed by atoms with Gasteiger partial charge in [0.25, 0.3) is 0 Å². The summed E-state index contributed by atoms with van der Waals surface area (Å²) in [7, 11) is 0. The first-order valence-corrected chi connectivity index (χ1v) is 3.28. The Balaban J connectivity index is 2.43. The summed E-state index contributed by atoms with van der Waals surface area (Å²) in [5.41, 5.74) is 6.07. The molecule has 0 spiro atoms. The fourth-order valence-electron chi connectivity index (χ4n) is 1.71. The van der Waals surface area contributed by atoms with Crippen LogP contribution in [0.1, 0.15) is 6.42 Å². The van der Waals surface area contributed by atoms with Gasteiger partial charge in [-0.1, -0.05) is 24.3 Å². The van der Waals surface area contributed by atoms with Gasteiger partial charge in [-0.2, -0.15) is 0 Å². The van der Waals surface area contributed by atoms with E-state index in [1.54, 1.807) is 11.1 Å². The Morgan fingerprint density at radius 2 is 2.22 bits per heavy atom. The van der Waals surface area contributed by atoms with Crippen molar-refractivity contribution < 1.29 is 0 Å². The smallest absolute Gasteiger partial charge is 0.00132 e. The summed E-state index contributed by atoms with van der Waals surface area (Å²) in [6.07, 6.45) is 10.1. The summed E-state index contributed by atoms with van der Waals surface area (Å²) in [5.74, 6) is 0. The van der Waals surface area contributed by atoms with E-state index in [0.717, 1.165) is 0 Å². The molecule has 4 aliphatic rings. The molecule has 0 aromatic rings. The minimum absolute atomic E-state index is 1.24. The van der Waals surface area contributed by atoms with E-state index in [4.69, 9.17) is 0 Å². The summed E-state index contributed by atoms with van der Waals surface area (Å²) >= 11 is 0. The van der Waals surface area contributed by atoms with Gasteiger partial charge in [-0.15, -0.1) is 0 Å². The first-order valence-electron chi connectivity index (χ1n) is 3.28. The Morgan fingerprint density at radius 3 is 3.00 bits per heavy atom. The Labute approximate surface area is 53.9 Å². The quantitative estimate of drug-likeness (QED) is 0.452. The van der Waals surface area contributed by atoms with Gasteiger partial charge in [0, 0.05) is 0 Å². The van der Waals surface area contributed by atoms with Crippen molar-refractivity contribution in [2.24, 2.45) is 0 Å². The van der Waals surface area contributed by atoms with Gasteiger partial charge in [-0.25, -0.2) is 0 Å². The van der Waals surface area contributed by atoms with Crippen LogP contribution in [0.3, 0.4) is 0 Å². The van der Waals surface area contributed by atoms with E-state index < -0.39 is 0 Å². The van der Waals surface area contributed by atoms with Crippen molar-refractivity contribution in [3.05, 3.63) is 46.6 Å². The molecule has 0 saturated carbocycles. The van der Waals surface area contributed by atoms with Crippen LogP contribution in [0.2, 0.25) is 0 Å². The van der Waals surface area contributed by atoms with Crippen molar-refractivity contribution in [2.75, 3.05) is 0 Å². The molecule has 0 saturated heterocycles. The van der Waals surface area contributed by atoms with Gasteiger partial charge in [-0.05, 0) is 28.7 Å². The molecule has 4 aliphatic carbocycles. The van der Waals surface area contributed by atoms with Crippen LogP contribution in [0.5, 0.6) is 0 Å². The maximum absolute atomic E-state index is 2.30. The molecule has 0 aliphatic heterocycles. The maximum atomic E-state index is 2.30. The molecule has 0 nitrogen and oxygen atoms in total. The first-order chi connectivity index (χ1) is 4.45. The second-order valence-electron chi connectivity index (χ2n) is 2.72. The van der Waals surface area contributed by atoms with Crippen molar-refractivity contribution >= 4 is 0 Å². The van der Waals surface area contributed by atoms with Crippen LogP contribution >= 0.6 is 0 Å². The minimum Gasteiger partial charge on any atom is -0.0610 e. The largest absolute Gasteiger partial charge is 0.0610 e. The lowest BCUT2D eigenvalue weighted by Crippen LogP contribution is -1.87. The number of hydrogen-bond donors (Lipinski definition) is 0. The Morgan fingerprint density at radius 1 is 1.33 bits per heavy atom. The van der Waals surface area contributed by atoms with Crippen molar-refractivity contribution in [1.29, 1.82) is 0 Å². The molecule has 0 aromatic carbocycles. The lowest BCUT2D eigenvalue weighted by molar-refractivity contribution is 1.15. The molecular weight excluding hydrogens is 108 g/mol. The second-order valence-corrected chi connectivity index (χ2v) is 2.72. The summed E-state index contributed by atoms with van der Waals surface area (Å²) in [6, 6.07) is 0. The fraction of sp³-hybridized carbons (Fsp3) is 0.111. The van der Waals surface area contributed by atoms with Gasteiger partial charge in [-0.3, -0.25) is 0 Å². The lowest BCUT2D eigenvalue weighted by atomic mass is 9.99. The highest BCUT2D eigenvalue weighted by Gasteiger charge is 2.29. The van der Waals surface area contributed by atoms with Crippen LogP contribution in [-0.4, -0.2) is 0 Å². The van der Waals surface area contributed by atoms with E-state index in [0.29, 0.717) is 0 Å². The van der Waals surface area contributed by atoms with Crippen LogP contribution in [0.25, 0.3) is 0 Å². The molecule has 0 N–H and O–H groups in total. The normalized spacial score (nSPS) is 25.8. The summed E-state index contributed by atoms with van der Waals surface area (Å²) in [5, 5.41) is 0. The molecule has 0 atom stereocenters. The van der Waals surface area contributed by atoms with E-state index in [2.05, 4.69) is 24.3 Å². The molecule has 0 fully saturated rings. The van der Waals surface area contributed by atoms with E-state index in [1.807, 2.05) is 0 Å². The molecule has 0 unspecified atom stereocenters. The third kappa shape index (κ3) is 0.275. The zero-order chi connectivity index (χ0) is 5.84. The summed E-state index contributed by atoms with van der Waals surface area (Å²) in [6.45, 7) is 0. The molecule has 0 heteroatoms. The van der Waals surface area contributed by atoms with E-state index in [-0.39, 0.29) is 0 Å². The van der Waals surface area contributed by atoms with E-state index in [9.17, 15) is 0 Å². The predicted molar refractivity (Wildman–Crippen MR) is 36.9 cm³/mol. The molecule has 0 amide bonds. The van der Waals surface area contributed by atoms with Gasteiger partial charge in [0.15, 0.2) is 0 Å². The summed E-state index contributed by atoms with van der Waals surface area (Å²) < 4.78 is 0. The van der Waals surface area contributed by atoms with Crippen molar-refractivity contribution in [3.63, 3.8) is 0 Å². The minimum atomic E-state index is 1.24. The van der Waals surface area contributed by atoms with E-state index >= 15 is 0 Å². The molecule has 0 aromatic heterocycles. The molecule has 4 rings (SSSR count). The van der Waals surface area contributed by atoms with Crippen molar-refractivity contribution in [1.82, 2.24) is 0 Å². The monoisotopic (exact) mass is 114 g/mol. The van der Waals surface area contributed by atoms with Gasteiger partial charge in [0.2, 0.25) is 0 Å². The molecular formula is C9H6. The summed E-state index contributed by atoms with van der Waals surface area (Å²) in [4.78, 5) is 0. The fourth-order valence-corrected chi connectivity index (χ4v) is 1.71. The van der Waals surface area contributed by atoms with Crippen LogP contribution < -0.4 is 0 Å². The topological polar surface area (TPSA) is 0 Å². The average Bonchev–Trinajstić information content (AvgIpc) is 2.11. The SMILES string of the molecule is C1=CC2=C3C=C(C3)C2=C1. The van der Waals surface area contributed by atoms with E-state index in [1.165, 1.54) is 17.6 Å². The Hall–Kier alpha value is -1.04. The maximum Gasteiger partial charge on any atom is -0.00132 e. The first kappa shape index (κ1) is 3.89. The van der Waals surface area contributed by atoms with Crippen molar-refractivity contribution in [2.45, 2.75) is 6.42 Å². The van der Waals surface area contributed by atoms with Crippen LogP contribution in [0, 0.1) is 0 Å². The number of hydrogen-bond acceptors (Lipinski definition) is 0. The highest BCUT2D eigenvalue weighted by molar-refractivity contribution is 5.75. The van der Waals surface area contributed by atoms with Gasteiger partial charge in [0.1, 0.15) is 0 Å². The molecule has 9 heavy (non-hydrogen) atoms. The third-order valence-electron chi connectivity index (χ3n) is 2.24. The Kier molecular flexibility index (Phi) is 0.419. The molecule has 0 heterocycles. The zero-order valence-electron chi connectivity index (χ0n) is 5.02. The van der Waals surface area contributed by atoms with Gasteiger partial charge >= 0.3 is 0 Å².